The van der Waals surface area contributed by atoms with Crippen molar-refractivity contribution in [1.29, 1.82) is 0 Å². The van der Waals surface area contributed by atoms with Crippen LogP contribution in [0.5, 0.6) is 0 Å². The maximum Gasteiger partial charge on any atom is 0.305 e. The van der Waals surface area contributed by atoms with Gasteiger partial charge in [0, 0.05) is 17.7 Å². The highest BCUT2D eigenvalue weighted by Crippen LogP contribution is 2.13. The van der Waals surface area contributed by atoms with Crippen LogP contribution in [0.3, 0.4) is 0 Å². The smallest absolute Gasteiger partial charge is 0.305 e. The van der Waals surface area contributed by atoms with Gasteiger partial charge in [-0.05, 0) is 39.7 Å². The first-order chi connectivity index (χ1) is 8.71. The number of hydrogen-bond donors (Lipinski definition) is 3. The SMILES string of the molecule is Cc1n[nH]c(C)c1CCC(=O)NC(C)(C)CC(=O)O. The number of H-pyrrole nitrogens is 1. The molecule has 1 heterocycles. The number of carboxylic acid groups (broad SMARTS) is 1. The number of carboxylic acids is 1. The Hall–Kier alpha value is -1.85. The minimum atomic E-state index is -0.924. The lowest BCUT2D eigenvalue weighted by Crippen LogP contribution is -2.45. The van der Waals surface area contributed by atoms with Crippen LogP contribution in [-0.4, -0.2) is 32.7 Å². The zero-order valence-electron chi connectivity index (χ0n) is 11.8. The zero-order chi connectivity index (χ0) is 14.6. The lowest BCUT2D eigenvalue weighted by molar-refractivity contribution is -0.138. The lowest BCUT2D eigenvalue weighted by Gasteiger charge is -2.24. The Labute approximate surface area is 112 Å². The third-order valence-corrected chi connectivity index (χ3v) is 2.95. The van der Waals surface area contributed by atoms with Crippen molar-refractivity contribution in [2.24, 2.45) is 0 Å². The summed E-state index contributed by atoms with van der Waals surface area (Å²) < 4.78 is 0. The number of nitrogens with one attached hydrogen (secondary N) is 2. The summed E-state index contributed by atoms with van der Waals surface area (Å²) in [4.78, 5) is 22.5. The normalized spacial score (nSPS) is 11.4. The van der Waals surface area contributed by atoms with Crippen LogP contribution < -0.4 is 5.32 Å². The van der Waals surface area contributed by atoms with E-state index in [1.165, 1.54) is 0 Å². The highest BCUT2D eigenvalue weighted by molar-refractivity contribution is 5.78. The van der Waals surface area contributed by atoms with Crippen LogP contribution >= 0.6 is 0 Å². The second kappa shape index (κ2) is 5.86. The maximum atomic E-state index is 11.8. The molecule has 0 radical (unpaired) electrons. The summed E-state index contributed by atoms with van der Waals surface area (Å²) in [7, 11) is 0. The zero-order valence-corrected chi connectivity index (χ0v) is 11.8. The minimum absolute atomic E-state index is 0.0947. The largest absolute Gasteiger partial charge is 0.481 e. The summed E-state index contributed by atoms with van der Waals surface area (Å²) in [5.74, 6) is -1.07. The van der Waals surface area contributed by atoms with Gasteiger partial charge in [-0.25, -0.2) is 0 Å². The van der Waals surface area contributed by atoms with Gasteiger partial charge in [0.05, 0.1) is 12.1 Å². The van der Waals surface area contributed by atoms with Gasteiger partial charge in [0.25, 0.3) is 0 Å². The Bertz CT molecular complexity index is 458. The number of aromatic amines is 1. The van der Waals surface area contributed by atoms with Crippen molar-refractivity contribution in [3.8, 4) is 0 Å². The molecular weight excluding hydrogens is 246 g/mol. The predicted octanol–water partition coefficient (Wildman–Crippen LogP) is 1.33. The molecule has 1 amide bonds. The van der Waals surface area contributed by atoms with Crippen LogP contribution in [0.25, 0.3) is 0 Å². The van der Waals surface area contributed by atoms with Crippen molar-refractivity contribution >= 4 is 11.9 Å². The summed E-state index contributed by atoms with van der Waals surface area (Å²) in [6, 6.07) is 0. The summed E-state index contributed by atoms with van der Waals surface area (Å²) in [6.07, 6.45) is 0.829. The van der Waals surface area contributed by atoms with Crippen LogP contribution in [0.2, 0.25) is 0 Å². The number of nitrogens with zero attached hydrogens (tertiary/aromatic N) is 1. The van der Waals surface area contributed by atoms with E-state index in [4.69, 9.17) is 5.11 Å². The summed E-state index contributed by atoms with van der Waals surface area (Å²) in [6.45, 7) is 7.22. The molecule has 0 spiro atoms. The van der Waals surface area contributed by atoms with E-state index in [0.717, 1.165) is 17.0 Å². The molecule has 1 aromatic heterocycles. The van der Waals surface area contributed by atoms with Gasteiger partial charge in [0.2, 0.25) is 5.91 Å². The molecule has 6 heteroatoms. The topological polar surface area (TPSA) is 95.1 Å². The van der Waals surface area contributed by atoms with Crippen LogP contribution in [0.4, 0.5) is 0 Å². The third-order valence-electron chi connectivity index (χ3n) is 2.95. The molecule has 3 N–H and O–H groups in total. The van der Waals surface area contributed by atoms with Crippen molar-refractivity contribution < 1.29 is 14.7 Å². The van der Waals surface area contributed by atoms with Gasteiger partial charge < -0.3 is 10.4 Å². The van der Waals surface area contributed by atoms with Gasteiger partial charge in [-0.2, -0.15) is 5.10 Å². The monoisotopic (exact) mass is 267 g/mol. The molecule has 0 atom stereocenters. The van der Waals surface area contributed by atoms with Gasteiger partial charge in [-0.15, -0.1) is 0 Å². The minimum Gasteiger partial charge on any atom is -0.481 e. The number of rotatable bonds is 6. The van der Waals surface area contributed by atoms with Crippen molar-refractivity contribution in [3.63, 3.8) is 0 Å². The van der Waals surface area contributed by atoms with E-state index in [9.17, 15) is 9.59 Å². The molecule has 0 unspecified atom stereocenters. The van der Waals surface area contributed by atoms with Crippen molar-refractivity contribution in [3.05, 3.63) is 17.0 Å². The molecule has 0 saturated carbocycles. The van der Waals surface area contributed by atoms with Crippen LogP contribution in [0.15, 0.2) is 0 Å². The van der Waals surface area contributed by atoms with Crippen LogP contribution in [-0.2, 0) is 16.0 Å². The third kappa shape index (κ3) is 4.73. The molecule has 106 valence electrons. The maximum absolute atomic E-state index is 11.8. The van der Waals surface area contributed by atoms with Crippen LogP contribution in [0.1, 0.15) is 43.6 Å². The molecule has 0 aliphatic carbocycles. The fourth-order valence-corrected chi connectivity index (χ4v) is 2.04. The number of aliphatic carboxylic acids is 1. The van der Waals surface area contributed by atoms with Gasteiger partial charge in [-0.1, -0.05) is 0 Å². The fraction of sp³-hybridized carbons (Fsp3) is 0.615. The number of hydrogen-bond acceptors (Lipinski definition) is 3. The van der Waals surface area contributed by atoms with Gasteiger partial charge >= 0.3 is 5.97 Å². The van der Waals surface area contributed by atoms with Gasteiger partial charge in [-0.3, -0.25) is 14.7 Å². The average Bonchev–Trinajstić information content (AvgIpc) is 2.53. The quantitative estimate of drug-likeness (QED) is 0.724. The van der Waals surface area contributed by atoms with Gasteiger partial charge in [0.15, 0.2) is 0 Å². The molecule has 0 aliphatic rings. The molecule has 0 bridgehead atoms. The Balaban J connectivity index is 2.50. The number of aryl methyl sites for hydroxylation is 2. The highest BCUT2D eigenvalue weighted by atomic mass is 16.4. The van der Waals surface area contributed by atoms with E-state index in [2.05, 4.69) is 15.5 Å². The summed E-state index contributed by atoms with van der Waals surface area (Å²) in [5, 5.41) is 18.4. The van der Waals surface area contributed by atoms with E-state index >= 15 is 0 Å². The second-order valence-corrected chi connectivity index (χ2v) is 5.42. The Morgan fingerprint density at radius 2 is 2.00 bits per heavy atom. The highest BCUT2D eigenvalue weighted by Gasteiger charge is 2.23. The summed E-state index contributed by atoms with van der Waals surface area (Å²) in [5.41, 5.74) is 2.18. The van der Waals surface area contributed by atoms with Gasteiger partial charge in [0.1, 0.15) is 0 Å². The molecular formula is C13H21N3O3. The second-order valence-electron chi connectivity index (χ2n) is 5.42. The van der Waals surface area contributed by atoms with Crippen LogP contribution in [0, 0.1) is 13.8 Å². The average molecular weight is 267 g/mol. The Kier molecular flexibility index (Phi) is 4.69. The van der Waals surface area contributed by atoms with E-state index in [1.54, 1.807) is 13.8 Å². The predicted molar refractivity (Wildman–Crippen MR) is 70.9 cm³/mol. The molecule has 1 aromatic rings. The Morgan fingerprint density at radius 3 is 2.47 bits per heavy atom. The van der Waals surface area contributed by atoms with Crippen molar-refractivity contribution in [2.75, 3.05) is 0 Å². The molecule has 19 heavy (non-hydrogen) atoms. The molecule has 1 rings (SSSR count). The molecule has 0 fully saturated rings. The molecule has 6 nitrogen and oxygen atoms in total. The van der Waals surface area contributed by atoms with Crippen molar-refractivity contribution in [1.82, 2.24) is 15.5 Å². The van der Waals surface area contributed by atoms with E-state index in [-0.39, 0.29) is 12.3 Å². The van der Waals surface area contributed by atoms with Crippen molar-refractivity contribution in [2.45, 2.75) is 52.5 Å². The first kappa shape index (κ1) is 15.2. The van der Waals surface area contributed by atoms with E-state index in [0.29, 0.717) is 12.8 Å². The standard InChI is InChI=1S/C13H21N3O3/c1-8-10(9(2)16-15-8)5-6-11(17)14-13(3,4)7-12(18)19/h5-7H2,1-4H3,(H,14,17)(H,15,16)(H,18,19). The Morgan fingerprint density at radius 1 is 1.37 bits per heavy atom. The molecule has 0 saturated heterocycles. The summed E-state index contributed by atoms with van der Waals surface area (Å²) >= 11 is 0. The number of carbonyl (C=O) groups is 2. The molecule has 0 aromatic carbocycles. The van der Waals surface area contributed by atoms with E-state index < -0.39 is 11.5 Å². The number of aromatic nitrogens is 2. The fourth-order valence-electron chi connectivity index (χ4n) is 2.04. The first-order valence-electron chi connectivity index (χ1n) is 6.24. The van der Waals surface area contributed by atoms with E-state index in [1.807, 2.05) is 13.8 Å². The lowest BCUT2D eigenvalue weighted by atomic mass is 10.00. The number of carbonyl (C=O) groups excluding carboxylic acids is 1. The first-order valence-corrected chi connectivity index (χ1v) is 6.24. The number of amides is 1. The molecule has 0 aliphatic heterocycles.